The molecule has 0 radical (unpaired) electrons. The summed E-state index contributed by atoms with van der Waals surface area (Å²) in [4.78, 5) is 28.4. The molecule has 3 aromatic rings. The van der Waals surface area contributed by atoms with Crippen molar-refractivity contribution in [3.05, 3.63) is 76.7 Å². The number of anilines is 1. The van der Waals surface area contributed by atoms with E-state index in [0.29, 0.717) is 25.0 Å². The van der Waals surface area contributed by atoms with Crippen LogP contribution in [0.2, 0.25) is 5.02 Å². The zero-order chi connectivity index (χ0) is 28.8. The van der Waals surface area contributed by atoms with Gasteiger partial charge in [0.1, 0.15) is 6.26 Å². The standard InChI is InChI=1S/C26H23ClF3N3O6S/c27-18-4-1-13(23(34)33-16-10-19(28)22(30)20(29)11-16)7-21(18)40(37,38)17-8-14-2-3-15(9-17)26(14,36)12-32-24(35)25-31-5-6-39-25/h1,4-7,10-11,14-15,17,36H,2-3,8-9,12H2,(H,32,35)(H,33,34). The highest BCUT2D eigenvalue weighted by atomic mass is 35.5. The number of benzene rings is 2. The second-order valence-electron chi connectivity index (χ2n) is 9.97. The first-order chi connectivity index (χ1) is 18.9. The number of carbonyl (C=O) groups is 2. The number of carbonyl (C=O) groups excluding carboxylic acids is 2. The monoisotopic (exact) mass is 597 g/mol. The van der Waals surface area contributed by atoms with Crippen LogP contribution >= 0.6 is 11.6 Å². The second-order valence-corrected chi connectivity index (χ2v) is 12.6. The maximum atomic E-state index is 13.7. The fraction of sp³-hybridized carbons (Fsp3) is 0.346. The van der Waals surface area contributed by atoms with Crippen LogP contribution in [0.1, 0.15) is 46.7 Å². The van der Waals surface area contributed by atoms with Crippen molar-refractivity contribution in [3.63, 3.8) is 0 Å². The molecule has 2 aliphatic carbocycles. The normalized spacial score (nSPS) is 24.1. The van der Waals surface area contributed by atoms with Crippen molar-refractivity contribution in [2.75, 3.05) is 11.9 Å². The Labute approximate surface area is 231 Å². The van der Waals surface area contributed by atoms with Crippen LogP contribution in [0.4, 0.5) is 18.9 Å². The maximum absolute atomic E-state index is 13.7. The van der Waals surface area contributed by atoms with Gasteiger partial charge >= 0.3 is 5.91 Å². The topological polar surface area (TPSA) is 139 Å². The molecule has 3 N–H and O–H groups in total. The van der Waals surface area contributed by atoms with Gasteiger partial charge in [-0.15, -0.1) is 0 Å². The van der Waals surface area contributed by atoms with Gasteiger partial charge in [0.2, 0.25) is 0 Å². The van der Waals surface area contributed by atoms with E-state index < -0.39 is 61.8 Å². The summed E-state index contributed by atoms with van der Waals surface area (Å²) >= 11 is 6.24. The van der Waals surface area contributed by atoms with E-state index in [9.17, 15) is 36.3 Å². The molecule has 212 valence electrons. The lowest BCUT2D eigenvalue weighted by molar-refractivity contribution is -0.0550. The molecule has 1 heterocycles. The Hall–Kier alpha value is -3.42. The van der Waals surface area contributed by atoms with Gasteiger partial charge in [-0.2, -0.15) is 0 Å². The lowest BCUT2D eigenvalue weighted by Crippen LogP contribution is -2.54. The van der Waals surface area contributed by atoms with Crippen molar-refractivity contribution in [1.29, 1.82) is 0 Å². The third kappa shape index (κ3) is 5.08. The van der Waals surface area contributed by atoms with Crippen molar-refractivity contribution in [1.82, 2.24) is 10.3 Å². The van der Waals surface area contributed by atoms with E-state index in [2.05, 4.69) is 15.6 Å². The minimum Gasteiger partial charge on any atom is -0.441 e. The molecule has 2 unspecified atom stereocenters. The molecule has 14 heteroatoms. The van der Waals surface area contributed by atoms with Gasteiger partial charge < -0.3 is 20.2 Å². The lowest BCUT2D eigenvalue weighted by Gasteiger charge is -2.42. The van der Waals surface area contributed by atoms with Crippen molar-refractivity contribution in [2.45, 2.75) is 41.4 Å². The van der Waals surface area contributed by atoms with E-state index in [1.54, 1.807) is 0 Å². The molecule has 2 bridgehead atoms. The van der Waals surface area contributed by atoms with Gasteiger partial charge in [-0.05, 0) is 55.7 Å². The fourth-order valence-corrected chi connectivity index (χ4v) is 8.06. The average Bonchev–Trinajstić information content (AvgIpc) is 3.48. The van der Waals surface area contributed by atoms with Crippen molar-refractivity contribution in [2.24, 2.45) is 11.8 Å². The average molecular weight is 598 g/mol. The first-order valence-corrected chi connectivity index (χ1v) is 14.2. The fourth-order valence-electron chi connectivity index (χ4n) is 5.66. The largest absolute Gasteiger partial charge is 0.441 e. The van der Waals surface area contributed by atoms with Crippen LogP contribution in [0.15, 0.2) is 52.1 Å². The number of oxazole rings is 1. The summed E-state index contributed by atoms with van der Waals surface area (Å²) < 4.78 is 72.7. The summed E-state index contributed by atoms with van der Waals surface area (Å²) in [6, 6.07) is 4.73. The SMILES string of the molecule is O=C(Nc1cc(F)c(F)c(F)c1)c1ccc(Cl)c(S(=O)(=O)C2CC3CCC(C2)C3(O)CNC(=O)c2ncco2)c1. The Morgan fingerprint density at radius 2 is 1.73 bits per heavy atom. The molecule has 2 fully saturated rings. The summed E-state index contributed by atoms with van der Waals surface area (Å²) in [5, 5.41) is 15.2. The number of hydrogen-bond acceptors (Lipinski definition) is 7. The molecule has 1 aromatic heterocycles. The van der Waals surface area contributed by atoms with Crippen molar-refractivity contribution >= 4 is 38.9 Å². The predicted octanol–water partition coefficient (Wildman–Crippen LogP) is 4.12. The number of aromatic nitrogens is 1. The van der Waals surface area contributed by atoms with Gasteiger partial charge in [-0.3, -0.25) is 9.59 Å². The minimum atomic E-state index is -4.09. The van der Waals surface area contributed by atoms with Gasteiger partial charge in [-0.1, -0.05) is 11.6 Å². The molecule has 2 amide bonds. The van der Waals surface area contributed by atoms with Crippen molar-refractivity contribution < 1.29 is 40.7 Å². The number of amides is 2. The smallest absolute Gasteiger partial charge is 0.307 e. The summed E-state index contributed by atoms with van der Waals surface area (Å²) in [6.45, 7) is -0.0999. The van der Waals surface area contributed by atoms with Crippen molar-refractivity contribution in [3.8, 4) is 0 Å². The molecule has 9 nitrogen and oxygen atoms in total. The molecule has 2 aliphatic rings. The van der Waals surface area contributed by atoms with Crippen LogP contribution in [0.3, 0.4) is 0 Å². The first-order valence-electron chi connectivity index (χ1n) is 12.3. The molecule has 2 atom stereocenters. The number of nitrogens with one attached hydrogen (secondary N) is 2. The predicted molar refractivity (Wildman–Crippen MR) is 136 cm³/mol. The molecule has 0 saturated heterocycles. The quantitative estimate of drug-likeness (QED) is 0.348. The van der Waals surface area contributed by atoms with E-state index in [1.807, 2.05) is 0 Å². The van der Waals surface area contributed by atoms with E-state index in [1.165, 1.54) is 24.6 Å². The Balaban J connectivity index is 1.32. The van der Waals surface area contributed by atoms with Crippen LogP contribution in [0.25, 0.3) is 0 Å². The lowest BCUT2D eigenvalue weighted by atomic mass is 9.74. The van der Waals surface area contributed by atoms with Crippen LogP contribution in [0.5, 0.6) is 0 Å². The van der Waals surface area contributed by atoms with Gasteiger partial charge in [0.25, 0.3) is 11.8 Å². The van der Waals surface area contributed by atoms with E-state index in [4.69, 9.17) is 16.0 Å². The second kappa shape index (κ2) is 10.5. The number of hydrogen-bond donors (Lipinski definition) is 3. The first kappa shape index (κ1) is 28.1. The van der Waals surface area contributed by atoms with Crippen LogP contribution in [0, 0.1) is 29.3 Å². The highest BCUT2D eigenvalue weighted by molar-refractivity contribution is 7.92. The number of rotatable bonds is 7. The molecule has 2 saturated carbocycles. The zero-order valence-corrected chi connectivity index (χ0v) is 22.2. The maximum Gasteiger partial charge on any atom is 0.307 e. The van der Waals surface area contributed by atoms with E-state index in [0.717, 1.165) is 6.07 Å². The Morgan fingerprint density at radius 1 is 1.07 bits per heavy atom. The zero-order valence-electron chi connectivity index (χ0n) is 20.7. The van der Waals surface area contributed by atoms with E-state index in [-0.39, 0.29) is 46.4 Å². The highest BCUT2D eigenvalue weighted by Gasteiger charge is 2.55. The Bertz CT molecular complexity index is 1550. The van der Waals surface area contributed by atoms with Crippen LogP contribution in [-0.2, 0) is 9.84 Å². The Kier molecular flexibility index (Phi) is 7.40. The minimum absolute atomic E-state index is 0.0999. The third-order valence-corrected chi connectivity index (χ3v) is 10.4. The number of sulfone groups is 1. The van der Waals surface area contributed by atoms with Gasteiger partial charge in [0.15, 0.2) is 27.3 Å². The molecule has 40 heavy (non-hydrogen) atoms. The molecular formula is C26H23ClF3N3O6S. The summed E-state index contributed by atoms with van der Waals surface area (Å²) in [7, 11) is -4.09. The van der Waals surface area contributed by atoms with Crippen LogP contribution in [-0.4, -0.2) is 47.7 Å². The van der Waals surface area contributed by atoms with Gasteiger partial charge in [0, 0.05) is 29.9 Å². The molecule has 5 rings (SSSR count). The Morgan fingerprint density at radius 3 is 2.33 bits per heavy atom. The molecule has 0 aliphatic heterocycles. The molecular weight excluding hydrogens is 575 g/mol. The van der Waals surface area contributed by atoms with Crippen LogP contribution < -0.4 is 10.6 Å². The number of nitrogens with zero attached hydrogens (tertiary/aromatic N) is 1. The number of halogens is 4. The van der Waals surface area contributed by atoms with Gasteiger partial charge in [0.05, 0.1) is 27.0 Å². The number of aliphatic hydroxyl groups is 1. The summed E-state index contributed by atoms with van der Waals surface area (Å²) in [5.74, 6) is -7.19. The number of fused-ring (bicyclic) bond motifs is 2. The van der Waals surface area contributed by atoms with Gasteiger partial charge in [-0.25, -0.2) is 26.6 Å². The molecule has 2 aromatic carbocycles. The summed E-state index contributed by atoms with van der Waals surface area (Å²) in [6.07, 6.45) is 3.88. The van der Waals surface area contributed by atoms with E-state index >= 15 is 0 Å². The summed E-state index contributed by atoms with van der Waals surface area (Å²) in [5.41, 5.74) is -1.84. The third-order valence-electron chi connectivity index (χ3n) is 7.71. The highest BCUT2D eigenvalue weighted by Crippen LogP contribution is 2.52. The molecule has 0 spiro atoms.